The Balaban J connectivity index is 1.29. The number of hydrogen-bond donors (Lipinski definition) is 2. The van der Waals surface area contributed by atoms with Crippen molar-refractivity contribution in [2.75, 3.05) is 65.4 Å². The van der Waals surface area contributed by atoms with Crippen LogP contribution in [-0.2, 0) is 11.2 Å². The average Bonchev–Trinajstić information content (AvgIpc) is 2.96. The Morgan fingerprint density at radius 3 is 2.47 bits per heavy atom. The molecule has 0 atom stereocenters. The molecule has 1 fully saturated rings. The van der Waals surface area contributed by atoms with E-state index < -0.39 is 0 Å². The van der Waals surface area contributed by atoms with E-state index in [1.54, 1.807) is 32.8 Å². The van der Waals surface area contributed by atoms with Gasteiger partial charge in [-0.05, 0) is 47.7 Å². The van der Waals surface area contributed by atoms with Gasteiger partial charge in [0, 0.05) is 70.0 Å². The van der Waals surface area contributed by atoms with Crippen molar-refractivity contribution < 1.29 is 9.47 Å². The van der Waals surface area contributed by atoms with Gasteiger partial charge in [0.25, 0.3) is 5.56 Å². The number of methoxy groups -OCH3 is 2. The molecule has 4 heterocycles. The molecule has 4 aromatic rings. The molecule has 1 aromatic carbocycles. The van der Waals surface area contributed by atoms with E-state index in [-0.39, 0.29) is 5.56 Å². The highest BCUT2D eigenvalue weighted by atomic mass is 16.5. The van der Waals surface area contributed by atoms with Gasteiger partial charge in [0.05, 0.1) is 31.0 Å². The summed E-state index contributed by atoms with van der Waals surface area (Å²) < 4.78 is 10.5. The van der Waals surface area contributed by atoms with Crippen LogP contribution in [0.15, 0.2) is 65.8 Å². The molecule has 198 valence electrons. The highest BCUT2D eigenvalue weighted by Gasteiger charge is 2.16. The quantitative estimate of drug-likeness (QED) is 0.332. The molecule has 0 bridgehead atoms. The van der Waals surface area contributed by atoms with E-state index in [4.69, 9.17) is 14.5 Å². The van der Waals surface area contributed by atoms with Crippen LogP contribution in [0.4, 0.5) is 11.5 Å². The van der Waals surface area contributed by atoms with Crippen molar-refractivity contribution in [1.82, 2.24) is 24.8 Å². The zero-order valence-corrected chi connectivity index (χ0v) is 21.9. The standard InChI is InChI=1S/C29H34N6O3/c1-37-16-15-35-13-11-34(12-14-35)10-8-21-3-5-24(6-4-21)32-28-27-22(7-9-31-29(27)36)18-26(33-28)23-17-25(38-2)20-30-19-23/h3-7,9,17-20H,8,10-16H2,1-2H3,(H,31,36)(H,32,33). The number of nitrogens with one attached hydrogen (secondary N) is 2. The van der Waals surface area contributed by atoms with Crippen LogP contribution in [0, 0.1) is 0 Å². The Bertz CT molecular complexity index is 1410. The first-order valence-corrected chi connectivity index (χ1v) is 12.9. The van der Waals surface area contributed by atoms with Gasteiger partial charge >= 0.3 is 0 Å². The minimum atomic E-state index is -0.188. The van der Waals surface area contributed by atoms with Crippen LogP contribution in [0.1, 0.15) is 5.56 Å². The molecule has 9 heteroatoms. The van der Waals surface area contributed by atoms with Crippen molar-refractivity contribution in [3.8, 4) is 17.0 Å². The highest BCUT2D eigenvalue weighted by molar-refractivity contribution is 5.95. The van der Waals surface area contributed by atoms with Crippen LogP contribution in [-0.4, -0.2) is 84.8 Å². The van der Waals surface area contributed by atoms with Gasteiger partial charge in [0.1, 0.15) is 11.6 Å². The van der Waals surface area contributed by atoms with Crippen molar-refractivity contribution in [2.45, 2.75) is 6.42 Å². The zero-order chi connectivity index (χ0) is 26.3. The Labute approximate surface area is 222 Å². The van der Waals surface area contributed by atoms with Crippen LogP contribution < -0.4 is 15.6 Å². The third-order valence-corrected chi connectivity index (χ3v) is 7.01. The molecule has 5 rings (SSSR count). The summed E-state index contributed by atoms with van der Waals surface area (Å²) in [6, 6.07) is 14.0. The van der Waals surface area contributed by atoms with Crippen molar-refractivity contribution in [1.29, 1.82) is 0 Å². The van der Waals surface area contributed by atoms with Gasteiger partial charge in [-0.3, -0.25) is 14.7 Å². The second kappa shape index (κ2) is 12.2. The summed E-state index contributed by atoms with van der Waals surface area (Å²) >= 11 is 0. The van der Waals surface area contributed by atoms with Crippen LogP contribution in [0.2, 0.25) is 0 Å². The van der Waals surface area contributed by atoms with Crippen LogP contribution in [0.5, 0.6) is 5.75 Å². The number of hydrogen-bond acceptors (Lipinski definition) is 8. The van der Waals surface area contributed by atoms with Gasteiger partial charge in [-0.2, -0.15) is 0 Å². The topological polar surface area (TPSA) is 95.6 Å². The summed E-state index contributed by atoms with van der Waals surface area (Å²) in [4.78, 5) is 29.5. The van der Waals surface area contributed by atoms with Crippen LogP contribution in [0.25, 0.3) is 22.0 Å². The minimum Gasteiger partial charge on any atom is -0.495 e. The fraction of sp³-hybridized carbons (Fsp3) is 0.345. The van der Waals surface area contributed by atoms with Crippen LogP contribution in [0.3, 0.4) is 0 Å². The summed E-state index contributed by atoms with van der Waals surface area (Å²) in [5.41, 5.74) is 3.48. The molecule has 38 heavy (non-hydrogen) atoms. The molecule has 1 aliphatic rings. The van der Waals surface area contributed by atoms with Gasteiger partial charge in [-0.15, -0.1) is 0 Å². The maximum atomic E-state index is 12.7. The number of aromatic amines is 1. The number of aromatic nitrogens is 3. The first-order chi connectivity index (χ1) is 18.6. The van der Waals surface area contributed by atoms with Crippen molar-refractivity contribution in [3.63, 3.8) is 0 Å². The molecular weight excluding hydrogens is 480 g/mol. The van der Waals surface area contributed by atoms with Gasteiger partial charge in [0.2, 0.25) is 0 Å². The van der Waals surface area contributed by atoms with E-state index in [1.165, 1.54) is 5.56 Å². The average molecular weight is 515 g/mol. The summed E-state index contributed by atoms with van der Waals surface area (Å²) in [5, 5.41) is 4.68. The second-order valence-corrected chi connectivity index (χ2v) is 9.49. The summed E-state index contributed by atoms with van der Waals surface area (Å²) in [7, 11) is 3.36. The molecule has 1 aliphatic heterocycles. The van der Waals surface area contributed by atoms with E-state index >= 15 is 0 Å². The SMILES string of the molecule is COCCN1CCN(CCc2ccc(Nc3nc(-c4cncc(OC)c4)cc4cc[nH]c(=O)c34)cc2)CC1. The lowest BCUT2D eigenvalue weighted by atomic mass is 10.1. The normalized spacial score (nSPS) is 14.6. The van der Waals surface area contributed by atoms with E-state index in [2.05, 4.69) is 37.2 Å². The van der Waals surface area contributed by atoms with Crippen molar-refractivity contribution >= 4 is 22.3 Å². The van der Waals surface area contributed by atoms with Crippen molar-refractivity contribution in [2.24, 2.45) is 0 Å². The van der Waals surface area contributed by atoms with E-state index in [0.717, 1.165) is 68.9 Å². The number of pyridine rings is 3. The maximum absolute atomic E-state index is 12.7. The predicted octanol–water partition coefficient (Wildman–Crippen LogP) is 3.54. The van der Waals surface area contributed by atoms with Gasteiger partial charge in [-0.25, -0.2) is 4.98 Å². The van der Waals surface area contributed by atoms with E-state index in [0.29, 0.717) is 22.6 Å². The summed E-state index contributed by atoms with van der Waals surface area (Å²) in [5.74, 6) is 1.15. The number of H-pyrrole nitrogens is 1. The Hall–Kier alpha value is -3.79. The molecule has 0 spiro atoms. The second-order valence-electron chi connectivity index (χ2n) is 9.49. The monoisotopic (exact) mass is 514 g/mol. The lowest BCUT2D eigenvalue weighted by Crippen LogP contribution is -2.47. The van der Waals surface area contributed by atoms with Gasteiger partial charge < -0.3 is 24.7 Å². The molecule has 3 aromatic heterocycles. The van der Waals surface area contributed by atoms with Gasteiger partial charge in [0.15, 0.2) is 0 Å². The highest BCUT2D eigenvalue weighted by Crippen LogP contribution is 2.29. The van der Waals surface area contributed by atoms with Gasteiger partial charge in [-0.1, -0.05) is 12.1 Å². The largest absolute Gasteiger partial charge is 0.495 e. The number of piperazine rings is 1. The fourth-order valence-corrected chi connectivity index (χ4v) is 4.76. The van der Waals surface area contributed by atoms with Crippen molar-refractivity contribution in [3.05, 3.63) is 77.0 Å². The predicted molar refractivity (Wildman–Crippen MR) is 150 cm³/mol. The molecule has 9 nitrogen and oxygen atoms in total. The molecule has 0 unspecified atom stereocenters. The lowest BCUT2D eigenvalue weighted by Gasteiger charge is -2.34. The molecule has 0 amide bonds. The Morgan fingerprint density at radius 2 is 1.74 bits per heavy atom. The Kier molecular flexibility index (Phi) is 8.28. The number of ether oxygens (including phenoxy) is 2. The first kappa shape index (κ1) is 25.8. The summed E-state index contributed by atoms with van der Waals surface area (Å²) in [6.07, 6.45) is 6.04. The molecule has 0 saturated carbocycles. The molecule has 0 radical (unpaired) electrons. The smallest absolute Gasteiger partial charge is 0.259 e. The molecular formula is C29H34N6O3. The number of rotatable bonds is 10. The zero-order valence-electron chi connectivity index (χ0n) is 21.9. The maximum Gasteiger partial charge on any atom is 0.259 e. The number of anilines is 2. The third-order valence-electron chi connectivity index (χ3n) is 7.01. The van der Waals surface area contributed by atoms with E-state index in [9.17, 15) is 4.79 Å². The molecule has 2 N–H and O–H groups in total. The summed E-state index contributed by atoms with van der Waals surface area (Å²) in [6.45, 7) is 7.22. The lowest BCUT2D eigenvalue weighted by molar-refractivity contribution is 0.0976. The molecule has 0 aliphatic carbocycles. The number of benzene rings is 1. The Morgan fingerprint density at radius 1 is 0.974 bits per heavy atom. The first-order valence-electron chi connectivity index (χ1n) is 12.9. The number of fused-ring (bicyclic) bond motifs is 1. The number of nitrogens with zero attached hydrogens (tertiary/aromatic N) is 4. The van der Waals surface area contributed by atoms with Crippen LogP contribution >= 0.6 is 0 Å². The minimum absolute atomic E-state index is 0.188. The van der Waals surface area contributed by atoms with E-state index in [1.807, 2.05) is 30.3 Å². The molecule has 1 saturated heterocycles. The fourth-order valence-electron chi connectivity index (χ4n) is 4.76. The third kappa shape index (κ3) is 6.19.